The standard InChI is InChI=1S/C13H10BrFN2O3/c1-6(18)10-12(19)13(20-2)11(17-16-10)7-4-3-5-8(14)9(7)15/h3-5H,1-2H3,(H,17,19). The number of H-pyrrole nitrogens is 1. The van der Waals surface area contributed by atoms with Gasteiger partial charge in [-0.2, -0.15) is 5.10 Å². The van der Waals surface area contributed by atoms with Crippen molar-refractivity contribution >= 4 is 21.7 Å². The Hall–Kier alpha value is -2.02. The number of nitrogens with one attached hydrogen (secondary N) is 1. The van der Waals surface area contributed by atoms with Crippen LogP contribution in [0.15, 0.2) is 27.5 Å². The lowest BCUT2D eigenvalue weighted by Crippen LogP contribution is -2.19. The van der Waals surface area contributed by atoms with Crippen molar-refractivity contribution < 1.29 is 13.9 Å². The molecule has 7 heteroatoms. The lowest BCUT2D eigenvalue weighted by Gasteiger charge is -2.10. The summed E-state index contributed by atoms with van der Waals surface area (Å²) in [7, 11) is 1.27. The van der Waals surface area contributed by atoms with Gasteiger partial charge in [-0.3, -0.25) is 14.7 Å². The van der Waals surface area contributed by atoms with Crippen LogP contribution in [0.2, 0.25) is 0 Å². The highest BCUT2D eigenvalue weighted by molar-refractivity contribution is 9.10. The summed E-state index contributed by atoms with van der Waals surface area (Å²) in [5, 5.41) is 6.19. The molecule has 0 aliphatic carbocycles. The molecule has 0 amide bonds. The number of nitrogens with zero attached hydrogens (tertiary/aromatic N) is 1. The Bertz CT molecular complexity index is 743. The highest BCUT2D eigenvalue weighted by Gasteiger charge is 2.20. The van der Waals surface area contributed by atoms with Crippen LogP contribution in [0.1, 0.15) is 17.4 Å². The molecule has 1 N–H and O–H groups in total. The number of hydrogen-bond acceptors (Lipinski definition) is 4. The zero-order chi connectivity index (χ0) is 14.9. The molecule has 1 aromatic heterocycles. The highest BCUT2D eigenvalue weighted by Crippen LogP contribution is 2.30. The zero-order valence-electron chi connectivity index (χ0n) is 10.7. The molecular weight excluding hydrogens is 331 g/mol. The van der Waals surface area contributed by atoms with Gasteiger partial charge in [0.25, 0.3) is 5.43 Å². The molecule has 20 heavy (non-hydrogen) atoms. The largest absolute Gasteiger partial charge is 0.491 e. The van der Waals surface area contributed by atoms with Crippen LogP contribution in [-0.2, 0) is 0 Å². The van der Waals surface area contributed by atoms with Gasteiger partial charge in [-0.05, 0) is 28.1 Å². The number of hydrogen-bond donors (Lipinski definition) is 1. The number of Topliss-reactive ketones (excluding diaryl/α,β-unsaturated/α-hetero) is 1. The maximum atomic E-state index is 14.1. The van der Waals surface area contributed by atoms with E-state index < -0.39 is 17.0 Å². The quantitative estimate of drug-likeness (QED) is 0.871. The van der Waals surface area contributed by atoms with Crippen molar-refractivity contribution in [2.45, 2.75) is 6.92 Å². The van der Waals surface area contributed by atoms with Crippen molar-refractivity contribution in [3.63, 3.8) is 0 Å². The fraction of sp³-hybridized carbons (Fsp3) is 0.154. The fourth-order valence-corrected chi connectivity index (χ4v) is 2.11. The lowest BCUT2D eigenvalue weighted by atomic mass is 10.1. The summed E-state index contributed by atoms with van der Waals surface area (Å²) >= 11 is 3.06. The predicted octanol–water partition coefficient (Wildman–Crippen LogP) is 2.55. The van der Waals surface area contributed by atoms with E-state index in [9.17, 15) is 14.0 Å². The van der Waals surface area contributed by atoms with Crippen LogP contribution >= 0.6 is 15.9 Å². The topological polar surface area (TPSA) is 72.0 Å². The van der Waals surface area contributed by atoms with Gasteiger partial charge in [0.05, 0.1) is 11.6 Å². The number of carbonyl (C=O) groups is 1. The summed E-state index contributed by atoms with van der Waals surface area (Å²) in [5.74, 6) is -1.20. The number of ketones is 1. The lowest BCUT2D eigenvalue weighted by molar-refractivity contribution is 0.101. The molecule has 0 unspecified atom stereocenters. The zero-order valence-corrected chi connectivity index (χ0v) is 12.2. The Balaban J connectivity index is 2.76. The fourth-order valence-electron chi connectivity index (χ4n) is 1.75. The Morgan fingerprint density at radius 3 is 2.75 bits per heavy atom. The monoisotopic (exact) mass is 340 g/mol. The Morgan fingerprint density at radius 2 is 2.15 bits per heavy atom. The van der Waals surface area contributed by atoms with Crippen molar-refractivity contribution in [2.75, 3.05) is 7.11 Å². The van der Waals surface area contributed by atoms with E-state index in [-0.39, 0.29) is 27.2 Å². The summed E-state index contributed by atoms with van der Waals surface area (Å²) in [4.78, 5) is 23.4. The number of benzene rings is 1. The van der Waals surface area contributed by atoms with E-state index in [0.717, 1.165) is 0 Å². The second kappa shape index (κ2) is 5.54. The maximum Gasteiger partial charge on any atom is 0.253 e. The first-order chi connectivity index (χ1) is 9.47. The summed E-state index contributed by atoms with van der Waals surface area (Å²) in [6.07, 6.45) is 0. The number of halogens is 2. The third-order valence-electron chi connectivity index (χ3n) is 2.69. The summed E-state index contributed by atoms with van der Waals surface area (Å²) in [6, 6.07) is 4.61. The Labute approximate surface area is 121 Å². The van der Waals surface area contributed by atoms with Gasteiger partial charge in [0, 0.05) is 12.5 Å². The molecule has 0 aliphatic rings. The molecule has 5 nitrogen and oxygen atoms in total. The molecule has 0 spiro atoms. The molecule has 0 bridgehead atoms. The maximum absolute atomic E-state index is 14.1. The van der Waals surface area contributed by atoms with Gasteiger partial charge in [0.15, 0.2) is 17.2 Å². The smallest absolute Gasteiger partial charge is 0.253 e. The SMILES string of the molecule is COc1c(-c2cccc(Br)c2F)[nH]nc(C(C)=O)c1=O. The number of aromatic amines is 1. The van der Waals surface area contributed by atoms with Crippen molar-refractivity contribution in [2.24, 2.45) is 0 Å². The molecule has 104 valence electrons. The van der Waals surface area contributed by atoms with Gasteiger partial charge in [-0.25, -0.2) is 4.39 Å². The minimum atomic E-state index is -0.673. The van der Waals surface area contributed by atoms with Crippen LogP contribution in [0, 0.1) is 5.82 Å². The number of carbonyl (C=O) groups excluding carboxylic acids is 1. The second-order valence-corrected chi connectivity index (χ2v) is 4.82. The third kappa shape index (κ3) is 2.36. The van der Waals surface area contributed by atoms with Gasteiger partial charge < -0.3 is 4.74 Å². The Kier molecular flexibility index (Phi) is 3.99. The molecule has 0 saturated heterocycles. The second-order valence-electron chi connectivity index (χ2n) is 3.97. The van der Waals surface area contributed by atoms with E-state index in [1.54, 1.807) is 6.07 Å². The van der Waals surface area contributed by atoms with Crippen LogP contribution in [0.3, 0.4) is 0 Å². The average Bonchev–Trinajstić information content (AvgIpc) is 2.41. The molecule has 0 fully saturated rings. The van der Waals surface area contributed by atoms with E-state index in [4.69, 9.17) is 4.74 Å². The van der Waals surface area contributed by atoms with Crippen LogP contribution < -0.4 is 10.2 Å². The third-order valence-corrected chi connectivity index (χ3v) is 3.30. The van der Waals surface area contributed by atoms with Crippen LogP contribution in [0.5, 0.6) is 5.75 Å². The molecule has 0 atom stereocenters. The normalized spacial score (nSPS) is 10.4. The number of rotatable bonds is 3. The first-order valence-electron chi connectivity index (χ1n) is 5.59. The van der Waals surface area contributed by atoms with E-state index in [1.165, 1.54) is 26.2 Å². The number of ether oxygens (including phenoxy) is 1. The molecule has 0 aliphatic heterocycles. The summed E-state index contributed by atoms with van der Waals surface area (Å²) < 4.78 is 19.3. The van der Waals surface area contributed by atoms with Crippen molar-refractivity contribution in [1.82, 2.24) is 10.2 Å². The van der Waals surface area contributed by atoms with Crippen molar-refractivity contribution in [1.29, 1.82) is 0 Å². The van der Waals surface area contributed by atoms with E-state index in [2.05, 4.69) is 26.1 Å². The van der Waals surface area contributed by atoms with Crippen LogP contribution in [-0.4, -0.2) is 23.1 Å². The van der Waals surface area contributed by atoms with E-state index in [1.807, 2.05) is 0 Å². The Morgan fingerprint density at radius 1 is 1.45 bits per heavy atom. The summed E-state index contributed by atoms with van der Waals surface area (Å²) in [5.41, 5.74) is -0.744. The van der Waals surface area contributed by atoms with Crippen LogP contribution in [0.25, 0.3) is 11.3 Å². The van der Waals surface area contributed by atoms with Gasteiger partial charge >= 0.3 is 0 Å². The van der Waals surface area contributed by atoms with Crippen molar-refractivity contribution in [3.05, 3.63) is 44.4 Å². The van der Waals surface area contributed by atoms with Crippen molar-refractivity contribution in [3.8, 4) is 17.0 Å². The average molecular weight is 341 g/mol. The van der Waals surface area contributed by atoms with Gasteiger partial charge in [0.1, 0.15) is 11.5 Å². The van der Waals surface area contributed by atoms with Gasteiger partial charge in [-0.15, -0.1) is 0 Å². The van der Waals surface area contributed by atoms with Gasteiger partial charge in [-0.1, -0.05) is 6.07 Å². The number of methoxy groups -OCH3 is 1. The molecule has 2 aromatic rings. The van der Waals surface area contributed by atoms with Gasteiger partial charge in [0.2, 0.25) is 0 Å². The first-order valence-corrected chi connectivity index (χ1v) is 6.38. The first kappa shape index (κ1) is 14.4. The highest BCUT2D eigenvalue weighted by atomic mass is 79.9. The molecule has 0 radical (unpaired) electrons. The van der Waals surface area contributed by atoms with E-state index in [0.29, 0.717) is 0 Å². The molecule has 1 heterocycles. The molecular formula is C13H10BrFN2O3. The molecule has 1 aromatic carbocycles. The van der Waals surface area contributed by atoms with E-state index >= 15 is 0 Å². The summed E-state index contributed by atoms with van der Waals surface area (Å²) in [6.45, 7) is 1.22. The minimum absolute atomic E-state index is 0.0845. The predicted molar refractivity (Wildman–Crippen MR) is 74.5 cm³/mol. The molecule has 0 saturated carbocycles. The number of aromatic nitrogens is 2. The minimum Gasteiger partial charge on any atom is -0.491 e. The van der Waals surface area contributed by atoms with Crippen LogP contribution in [0.4, 0.5) is 4.39 Å². The molecule has 2 rings (SSSR count).